The second-order valence-corrected chi connectivity index (χ2v) is 6.22. The molecular weight excluding hydrogens is 258 g/mol. The van der Waals surface area contributed by atoms with Crippen LogP contribution in [-0.2, 0) is 9.84 Å². The minimum absolute atomic E-state index is 0.0212. The quantitative estimate of drug-likeness (QED) is 0.854. The highest BCUT2D eigenvalue weighted by molar-refractivity contribution is 7.90. The molecule has 0 saturated heterocycles. The van der Waals surface area contributed by atoms with Gasteiger partial charge in [-0.2, -0.15) is 4.98 Å². The maximum Gasteiger partial charge on any atom is 0.244 e. The summed E-state index contributed by atoms with van der Waals surface area (Å²) < 4.78 is 32.1. The first-order valence-corrected chi connectivity index (χ1v) is 7.32. The number of hydrogen-bond acceptors (Lipinski definition) is 7. The summed E-state index contributed by atoms with van der Waals surface area (Å²) >= 11 is 0. The lowest BCUT2D eigenvalue weighted by molar-refractivity contribution is 0.352. The van der Waals surface area contributed by atoms with Gasteiger partial charge in [-0.25, -0.2) is 8.42 Å². The molecule has 0 spiro atoms. The Morgan fingerprint density at radius 1 is 1.50 bits per heavy atom. The van der Waals surface area contributed by atoms with Gasteiger partial charge < -0.3 is 14.7 Å². The number of sulfone groups is 1. The van der Waals surface area contributed by atoms with E-state index >= 15 is 0 Å². The Morgan fingerprint density at radius 3 is 2.89 bits per heavy atom. The molecule has 0 radical (unpaired) electrons. The van der Waals surface area contributed by atoms with E-state index in [9.17, 15) is 8.42 Å². The summed E-state index contributed by atoms with van der Waals surface area (Å²) in [7, 11) is -3.05. The third-order valence-electron chi connectivity index (χ3n) is 2.30. The van der Waals surface area contributed by atoms with Crippen molar-refractivity contribution < 1.29 is 17.4 Å². The van der Waals surface area contributed by atoms with Crippen molar-refractivity contribution >= 4 is 9.84 Å². The first-order valence-electron chi connectivity index (χ1n) is 5.26. The highest BCUT2D eigenvalue weighted by atomic mass is 32.2. The van der Waals surface area contributed by atoms with E-state index in [2.05, 4.69) is 10.1 Å². The fraction of sp³-hybridized carbons (Fsp3) is 0.400. The standard InChI is InChI=1S/C10H13N3O4S/c1-18(14,15)6-4-7(11)10-12-9(13-17-10)8-3-2-5-16-8/h2-3,5,7H,4,6,11H2,1H3. The second kappa shape index (κ2) is 4.91. The molecule has 2 aromatic rings. The van der Waals surface area contributed by atoms with Crippen molar-refractivity contribution in [3.05, 3.63) is 24.3 Å². The van der Waals surface area contributed by atoms with E-state index in [1.807, 2.05) is 0 Å². The number of hydrogen-bond donors (Lipinski definition) is 1. The lowest BCUT2D eigenvalue weighted by atomic mass is 10.2. The van der Waals surface area contributed by atoms with E-state index < -0.39 is 15.9 Å². The van der Waals surface area contributed by atoms with Gasteiger partial charge in [-0.1, -0.05) is 5.16 Å². The predicted octanol–water partition coefficient (Wildman–Crippen LogP) is 0.764. The van der Waals surface area contributed by atoms with Gasteiger partial charge in [-0.15, -0.1) is 0 Å². The smallest absolute Gasteiger partial charge is 0.244 e. The van der Waals surface area contributed by atoms with E-state index in [1.54, 1.807) is 12.1 Å². The van der Waals surface area contributed by atoms with Crippen molar-refractivity contribution in [2.24, 2.45) is 5.73 Å². The Kier molecular flexibility index (Phi) is 3.48. The Bertz CT molecular complexity index is 603. The molecule has 8 heteroatoms. The molecule has 0 bridgehead atoms. The lowest BCUT2D eigenvalue weighted by Crippen LogP contribution is -2.16. The van der Waals surface area contributed by atoms with Crippen LogP contribution in [0.4, 0.5) is 0 Å². The SMILES string of the molecule is CS(=O)(=O)CCC(N)c1nc(-c2ccco2)no1. The Labute approximate surface area is 104 Å². The third kappa shape index (κ3) is 3.17. The highest BCUT2D eigenvalue weighted by Gasteiger charge is 2.18. The van der Waals surface area contributed by atoms with Gasteiger partial charge >= 0.3 is 0 Å². The maximum atomic E-state index is 11.0. The van der Waals surface area contributed by atoms with Crippen LogP contribution in [0.2, 0.25) is 0 Å². The maximum absolute atomic E-state index is 11.0. The molecule has 2 aromatic heterocycles. The molecule has 1 unspecified atom stereocenters. The molecule has 0 fully saturated rings. The molecule has 2 rings (SSSR count). The van der Waals surface area contributed by atoms with Gasteiger partial charge in [0.05, 0.1) is 18.1 Å². The van der Waals surface area contributed by atoms with Gasteiger partial charge in [0, 0.05) is 6.26 Å². The van der Waals surface area contributed by atoms with Gasteiger partial charge in [0.15, 0.2) is 5.76 Å². The number of nitrogens with two attached hydrogens (primary N) is 1. The summed E-state index contributed by atoms with van der Waals surface area (Å²) in [6.45, 7) is 0. The van der Waals surface area contributed by atoms with Crippen LogP contribution in [0.15, 0.2) is 27.3 Å². The Hall–Kier alpha value is -1.67. The van der Waals surface area contributed by atoms with E-state index in [4.69, 9.17) is 14.7 Å². The van der Waals surface area contributed by atoms with Crippen molar-refractivity contribution in [1.82, 2.24) is 10.1 Å². The normalized spacial score (nSPS) is 13.7. The monoisotopic (exact) mass is 271 g/mol. The highest BCUT2D eigenvalue weighted by Crippen LogP contribution is 2.19. The summed E-state index contributed by atoms with van der Waals surface area (Å²) in [4.78, 5) is 4.06. The van der Waals surface area contributed by atoms with Gasteiger partial charge in [0.1, 0.15) is 9.84 Å². The molecule has 1 atom stereocenters. The van der Waals surface area contributed by atoms with Gasteiger partial charge in [0.2, 0.25) is 11.7 Å². The largest absolute Gasteiger partial charge is 0.461 e. The van der Waals surface area contributed by atoms with E-state index in [-0.39, 0.29) is 18.1 Å². The summed E-state index contributed by atoms with van der Waals surface area (Å²) in [6, 6.07) is 2.79. The minimum Gasteiger partial charge on any atom is -0.461 e. The zero-order valence-corrected chi connectivity index (χ0v) is 10.6. The molecule has 18 heavy (non-hydrogen) atoms. The number of furan rings is 1. The van der Waals surface area contributed by atoms with Crippen molar-refractivity contribution in [3.63, 3.8) is 0 Å². The topological polar surface area (TPSA) is 112 Å². The molecule has 0 amide bonds. The Balaban J connectivity index is 2.06. The van der Waals surface area contributed by atoms with Crippen LogP contribution < -0.4 is 5.73 Å². The molecule has 0 aliphatic heterocycles. The van der Waals surface area contributed by atoms with Gasteiger partial charge in [-0.3, -0.25) is 0 Å². The average Bonchev–Trinajstić information content (AvgIpc) is 2.94. The zero-order valence-electron chi connectivity index (χ0n) is 9.74. The van der Waals surface area contributed by atoms with Crippen LogP contribution in [0.5, 0.6) is 0 Å². The molecule has 7 nitrogen and oxygen atoms in total. The van der Waals surface area contributed by atoms with Gasteiger partial charge in [0.25, 0.3) is 0 Å². The number of nitrogens with zero attached hydrogens (tertiary/aromatic N) is 2. The average molecular weight is 271 g/mol. The third-order valence-corrected chi connectivity index (χ3v) is 3.28. The van der Waals surface area contributed by atoms with Crippen LogP contribution in [0, 0.1) is 0 Å². The number of rotatable bonds is 5. The fourth-order valence-electron chi connectivity index (χ4n) is 1.36. The molecule has 2 heterocycles. The van der Waals surface area contributed by atoms with E-state index in [1.165, 1.54) is 6.26 Å². The molecule has 0 saturated carbocycles. The van der Waals surface area contributed by atoms with Crippen LogP contribution >= 0.6 is 0 Å². The van der Waals surface area contributed by atoms with Crippen molar-refractivity contribution in [3.8, 4) is 11.6 Å². The number of aromatic nitrogens is 2. The van der Waals surface area contributed by atoms with Crippen LogP contribution in [0.25, 0.3) is 11.6 Å². The summed E-state index contributed by atoms with van der Waals surface area (Å²) in [6.07, 6.45) is 2.88. The summed E-state index contributed by atoms with van der Waals surface area (Å²) in [5, 5.41) is 3.71. The van der Waals surface area contributed by atoms with Crippen LogP contribution in [0.3, 0.4) is 0 Å². The Morgan fingerprint density at radius 2 is 2.28 bits per heavy atom. The van der Waals surface area contributed by atoms with Crippen molar-refractivity contribution in [2.75, 3.05) is 12.0 Å². The lowest BCUT2D eigenvalue weighted by Gasteiger charge is -2.04. The molecule has 0 aromatic carbocycles. The summed E-state index contributed by atoms with van der Waals surface area (Å²) in [5.41, 5.74) is 5.78. The fourth-order valence-corrected chi connectivity index (χ4v) is 2.04. The van der Waals surface area contributed by atoms with Crippen LogP contribution in [-0.4, -0.2) is 30.6 Å². The molecule has 0 aliphatic carbocycles. The molecule has 98 valence electrons. The molecule has 2 N–H and O–H groups in total. The first kappa shape index (κ1) is 12.8. The second-order valence-electron chi connectivity index (χ2n) is 3.96. The van der Waals surface area contributed by atoms with Crippen LogP contribution in [0.1, 0.15) is 18.4 Å². The van der Waals surface area contributed by atoms with Crippen molar-refractivity contribution in [1.29, 1.82) is 0 Å². The zero-order chi connectivity index (χ0) is 13.2. The van der Waals surface area contributed by atoms with Crippen molar-refractivity contribution in [2.45, 2.75) is 12.5 Å². The molecular formula is C10H13N3O4S. The predicted molar refractivity (Wildman–Crippen MR) is 63.3 cm³/mol. The minimum atomic E-state index is -3.05. The summed E-state index contributed by atoms with van der Waals surface area (Å²) in [5.74, 6) is 0.947. The van der Waals surface area contributed by atoms with Gasteiger partial charge in [-0.05, 0) is 18.6 Å². The molecule has 0 aliphatic rings. The van der Waals surface area contributed by atoms with E-state index in [0.717, 1.165) is 6.26 Å². The first-order chi connectivity index (χ1) is 8.46. The van der Waals surface area contributed by atoms with E-state index in [0.29, 0.717) is 11.6 Å².